The van der Waals surface area contributed by atoms with Crippen LogP contribution in [0.3, 0.4) is 0 Å². The first kappa shape index (κ1) is 26.1. The molecular formula is C24H26Cl2N2O5S. The van der Waals surface area contributed by atoms with Gasteiger partial charge in [0, 0.05) is 11.3 Å². The minimum absolute atomic E-state index is 0.257. The van der Waals surface area contributed by atoms with Crippen molar-refractivity contribution in [3.05, 3.63) is 66.5 Å². The van der Waals surface area contributed by atoms with Gasteiger partial charge in [0.1, 0.15) is 15.6 Å². The minimum Gasteiger partial charge on any atom is -0.462 e. The molecule has 2 heterocycles. The van der Waals surface area contributed by atoms with Crippen molar-refractivity contribution in [2.45, 2.75) is 53.6 Å². The van der Waals surface area contributed by atoms with E-state index in [1.165, 1.54) is 11.3 Å². The number of carbonyl (C=O) groups is 2. The molecule has 3 rings (SSSR count). The zero-order valence-corrected chi connectivity index (χ0v) is 22.1. The maximum Gasteiger partial charge on any atom is 0.513 e. The first-order chi connectivity index (χ1) is 16.0. The average molecular weight is 525 g/mol. The van der Waals surface area contributed by atoms with Gasteiger partial charge in [-0.3, -0.25) is 0 Å². The second kappa shape index (κ2) is 10.8. The number of aromatic nitrogens is 1. The molecule has 0 fully saturated rings. The average Bonchev–Trinajstić information content (AvgIpc) is 3.12. The molecule has 1 aromatic carbocycles. The molecule has 34 heavy (non-hydrogen) atoms. The van der Waals surface area contributed by atoms with E-state index < -0.39 is 18.0 Å². The topological polar surface area (TPSA) is 86.8 Å². The van der Waals surface area contributed by atoms with Gasteiger partial charge in [0.25, 0.3) is 0 Å². The Bertz CT molecular complexity index is 1190. The fourth-order valence-electron chi connectivity index (χ4n) is 3.64. The van der Waals surface area contributed by atoms with E-state index in [1.54, 1.807) is 46.8 Å². The van der Waals surface area contributed by atoms with Gasteiger partial charge in [-0.1, -0.05) is 35.3 Å². The second-order valence-corrected chi connectivity index (χ2v) is 9.69. The van der Waals surface area contributed by atoms with Crippen LogP contribution >= 0.6 is 34.5 Å². The molecule has 10 heteroatoms. The third-order valence-electron chi connectivity index (χ3n) is 5.00. The van der Waals surface area contributed by atoms with Crippen molar-refractivity contribution < 1.29 is 23.8 Å². The van der Waals surface area contributed by atoms with E-state index in [2.05, 4.69) is 10.3 Å². The molecule has 1 atom stereocenters. The number of thiazole rings is 1. The Morgan fingerprint density at radius 2 is 1.88 bits per heavy atom. The van der Waals surface area contributed by atoms with E-state index in [1.807, 2.05) is 13.0 Å². The molecule has 1 aliphatic rings. The van der Waals surface area contributed by atoms with Crippen molar-refractivity contribution in [3.63, 3.8) is 0 Å². The SMILES string of the molecule is CCOC(=O)c1sc(C2=C(C)NC(C)=C(OC(=O)OC(C)C)C2c2cccc(Cl)c2Cl)nc1C. The predicted octanol–water partition coefficient (Wildman–Crippen LogP) is 6.85. The maximum absolute atomic E-state index is 12.5. The van der Waals surface area contributed by atoms with Gasteiger partial charge in [0.15, 0.2) is 0 Å². The fraction of sp³-hybridized carbons (Fsp3) is 0.375. The molecule has 0 saturated carbocycles. The van der Waals surface area contributed by atoms with E-state index in [0.717, 1.165) is 5.70 Å². The molecular weight excluding hydrogens is 499 g/mol. The molecule has 0 saturated heterocycles. The van der Waals surface area contributed by atoms with Crippen LogP contribution in [0.5, 0.6) is 0 Å². The number of ether oxygens (including phenoxy) is 3. The molecule has 1 N–H and O–H groups in total. The predicted molar refractivity (Wildman–Crippen MR) is 133 cm³/mol. The first-order valence-corrected chi connectivity index (χ1v) is 12.3. The lowest BCUT2D eigenvalue weighted by Crippen LogP contribution is -2.27. The van der Waals surface area contributed by atoms with Gasteiger partial charge in [-0.15, -0.1) is 11.3 Å². The quantitative estimate of drug-likeness (QED) is 0.413. The van der Waals surface area contributed by atoms with Gasteiger partial charge >= 0.3 is 12.1 Å². The number of aryl methyl sites for hydroxylation is 1. The number of esters is 1. The minimum atomic E-state index is -0.837. The number of nitrogens with zero attached hydrogens (tertiary/aromatic N) is 1. The highest BCUT2D eigenvalue weighted by Gasteiger charge is 2.37. The summed E-state index contributed by atoms with van der Waals surface area (Å²) in [5.74, 6) is -0.763. The standard InChI is InChI=1S/C24H26Cl2N2O5S/c1-7-31-23(29)21-14(6)28-22(34-21)17-12(4)27-13(5)20(33-24(30)32-11(2)3)18(17)15-9-8-10-16(25)19(15)26/h8-11,18,27H,7H2,1-6H3. The molecule has 0 bridgehead atoms. The zero-order valence-electron chi connectivity index (χ0n) is 19.7. The van der Waals surface area contributed by atoms with Gasteiger partial charge in [0.05, 0.1) is 40.1 Å². The smallest absolute Gasteiger partial charge is 0.462 e. The van der Waals surface area contributed by atoms with Crippen LogP contribution in [-0.4, -0.2) is 29.8 Å². The van der Waals surface area contributed by atoms with Crippen LogP contribution in [-0.2, 0) is 14.2 Å². The number of nitrogens with one attached hydrogen (secondary N) is 1. The summed E-state index contributed by atoms with van der Waals surface area (Å²) in [7, 11) is 0. The Balaban J connectivity index is 2.18. The second-order valence-electron chi connectivity index (χ2n) is 7.90. The van der Waals surface area contributed by atoms with Crippen molar-refractivity contribution in [2.24, 2.45) is 0 Å². The third-order valence-corrected chi connectivity index (χ3v) is 7.01. The van der Waals surface area contributed by atoms with E-state index >= 15 is 0 Å². The van der Waals surface area contributed by atoms with Gasteiger partial charge in [0.2, 0.25) is 0 Å². The summed E-state index contributed by atoms with van der Waals surface area (Å²) in [6, 6.07) is 5.27. The molecule has 0 aliphatic carbocycles. The fourth-order valence-corrected chi connectivity index (χ4v) is 5.15. The molecule has 182 valence electrons. The highest BCUT2D eigenvalue weighted by Crippen LogP contribution is 2.48. The number of hydrogen-bond acceptors (Lipinski definition) is 8. The summed E-state index contributed by atoms with van der Waals surface area (Å²) >= 11 is 14.2. The molecule has 0 amide bonds. The number of carbonyl (C=O) groups excluding carboxylic acids is 2. The van der Waals surface area contributed by atoms with Crippen LogP contribution in [0.15, 0.2) is 35.4 Å². The molecule has 2 aromatic rings. The van der Waals surface area contributed by atoms with E-state index in [9.17, 15) is 9.59 Å². The van der Waals surface area contributed by atoms with E-state index in [-0.39, 0.29) is 12.7 Å². The van der Waals surface area contributed by atoms with E-state index in [4.69, 9.17) is 37.4 Å². The van der Waals surface area contributed by atoms with Gasteiger partial charge in [-0.05, 0) is 53.2 Å². The molecule has 0 radical (unpaired) electrons. The van der Waals surface area contributed by atoms with Gasteiger partial charge in [-0.2, -0.15) is 0 Å². The van der Waals surface area contributed by atoms with Crippen molar-refractivity contribution in [2.75, 3.05) is 6.61 Å². The number of allylic oxidation sites excluding steroid dienone is 3. The lowest BCUT2D eigenvalue weighted by molar-refractivity contribution is 0.0501. The lowest BCUT2D eigenvalue weighted by Gasteiger charge is -2.31. The molecule has 7 nitrogen and oxygen atoms in total. The number of dihydropyridines is 1. The Morgan fingerprint density at radius 3 is 2.53 bits per heavy atom. The number of rotatable bonds is 6. The maximum atomic E-state index is 12.5. The highest BCUT2D eigenvalue weighted by molar-refractivity contribution is 7.14. The van der Waals surface area contributed by atoms with Crippen molar-refractivity contribution >= 4 is 52.2 Å². The lowest BCUT2D eigenvalue weighted by atomic mass is 9.85. The van der Waals surface area contributed by atoms with Crippen LogP contribution < -0.4 is 5.32 Å². The Labute approximate surface area is 212 Å². The Morgan fingerprint density at radius 1 is 1.18 bits per heavy atom. The van der Waals surface area contributed by atoms with Crippen LogP contribution in [0.2, 0.25) is 10.0 Å². The Hall–Kier alpha value is -2.55. The monoisotopic (exact) mass is 524 g/mol. The van der Waals surface area contributed by atoms with Crippen LogP contribution in [0.4, 0.5) is 4.79 Å². The molecule has 0 spiro atoms. The number of halogens is 2. The van der Waals surface area contributed by atoms with Crippen molar-refractivity contribution in [1.29, 1.82) is 0 Å². The summed E-state index contributed by atoms with van der Waals surface area (Å²) in [5, 5.41) is 4.51. The van der Waals surface area contributed by atoms with Crippen LogP contribution in [0.1, 0.15) is 66.5 Å². The normalized spacial score (nSPS) is 16.0. The van der Waals surface area contributed by atoms with Crippen LogP contribution in [0.25, 0.3) is 5.57 Å². The summed E-state index contributed by atoms with van der Waals surface area (Å²) in [6.07, 6.45) is -1.20. The van der Waals surface area contributed by atoms with E-state index in [0.29, 0.717) is 48.2 Å². The first-order valence-electron chi connectivity index (χ1n) is 10.7. The third kappa shape index (κ3) is 5.40. The molecule has 1 aromatic heterocycles. The van der Waals surface area contributed by atoms with Gasteiger partial charge < -0.3 is 19.5 Å². The zero-order chi connectivity index (χ0) is 25.2. The summed E-state index contributed by atoms with van der Waals surface area (Å²) in [6.45, 7) is 10.9. The summed E-state index contributed by atoms with van der Waals surface area (Å²) in [5.41, 5.74) is 3.25. The van der Waals surface area contributed by atoms with Crippen molar-refractivity contribution in [3.8, 4) is 0 Å². The molecule has 1 unspecified atom stereocenters. The highest BCUT2D eigenvalue weighted by atomic mass is 35.5. The van der Waals surface area contributed by atoms with Crippen molar-refractivity contribution in [1.82, 2.24) is 10.3 Å². The van der Waals surface area contributed by atoms with Gasteiger partial charge in [-0.25, -0.2) is 14.6 Å². The largest absolute Gasteiger partial charge is 0.513 e. The summed E-state index contributed by atoms with van der Waals surface area (Å²) < 4.78 is 16.1. The summed E-state index contributed by atoms with van der Waals surface area (Å²) in [4.78, 5) is 30.0. The molecule has 1 aliphatic heterocycles. The van der Waals surface area contributed by atoms with Crippen LogP contribution in [0, 0.1) is 6.92 Å². The Kier molecular flexibility index (Phi) is 8.28. The number of benzene rings is 1. The number of hydrogen-bond donors (Lipinski definition) is 1.